The van der Waals surface area contributed by atoms with E-state index >= 15 is 0 Å². The number of carbonyl (C=O) groups is 4. The number of carbonyl (C=O) groups excluding carboxylic acids is 4. The third-order valence-corrected chi connectivity index (χ3v) is 3.60. The molecule has 1 rings (SSSR count). The summed E-state index contributed by atoms with van der Waals surface area (Å²) in [4.78, 5) is 45.9. The largest absolute Gasteiger partial charge is 0.466 e. The Labute approximate surface area is 135 Å². The summed E-state index contributed by atoms with van der Waals surface area (Å²) in [6.07, 6.45) is 4.83. The van der Waals surface area contributed by atoms with Crippen LogP contribution >= 0.6 is 0 Å². The molecule has 130 valence electrons. The molecule has 23 heavy (non-hydrogen) atoms. The Morgan fingerprint density at radius 1 is 0.957 bits per heavy atom. The molecule has 8 heteroatoms. The van der Waals surface area contributed by atoms with Crippen molar-refractivity contribution in [2.24, 2.45) is 5.92 Å². The Morgan fingerprint density at radius 2 is 1.61 bits per heavy atom. The van der Waals surface area contributed by atoms with Crippen LogP contribution in [0, 0.1) is 5.92 Å². The van der Waals surface area contributed by atoms with Gasteiger partial charge in [-0.2, -0.15) is 0 Å². The average molecular weight is 327 g/mol. The summed E-state index contributed by atoms with van der Waals surface area (Å²) < 4.78 is 4.69. The van der Waals surface area contributed by atoms with E-state index in [0.717, 1.165) is 32.1 Å². The van der Waals surface area contributed by atoms with Gasteiger partial charge in [0.1, 0.15) is 0 Å². The van der Waals surface area contributed by atoms with Gasteiger partial charge in [0.25, 0.3) is 5.91 Å². The smallest absolute Gasteiger partial charge is 0.306 e. The fourth-order valence-electron chi connectivity index (χ4n) is 2.37. The van der Waals surface area contributed by atoms with Gasteiger partial charge in [0.2, 0.25) is 11.8 Å². The monoisotopic (exact) mass is 327 g/mol. The number of ether oxygens (including phenoxy) is 1. The number of amides is 3. The van der Waals surface area contributed by atoms with Gasteiger partial charge in [-0.05, 0) is 19.8 Å². The average Bonchev–Trinajstić information content (AvgIpc) is 2.57. The predicted octanol–water partition coefficient (Wildman–Crippen LogP) is 0.174. The lowest BCUT2D eigenvalue weighted by molar-refractivity contribution is -0.144. The highest BCUT2D eigenvalue weighted by atomic mass is 16.5. The highest BCUT2D eigenvalue weighted by Crippen LogP contribution is 2.23. The van der Waals surface area contributed by atoms with Gasteiger partial charge in [-0.3, -0.25) is 30.0 Å². The van der Waals surface area contributed by atoms with Gasteiger partial charge in [0.15, 0.2) is 0 Å². The minimum Gasteiger partial charge on any atom is -0.466 e. The van der Waals surface area contributed by atoms with Gasteiger partial charge in [0.05, 0.1) is 19.6 Å². The van der Waals surface area contributed by atoms with Gasteiger partial charge in [0, 0.05) is 12.3 Å². The van der Waals surface area contributed by atoms with Crippen molar-refractivity contribution in [2.75, 3.05) is 13.2 Å². The standard InChI is InChI=1S/C15H25N3O5/c1-2-23-14(21)9-8-12(19)17-18-13(20)10-16-15(22)11-6-4-3-5-7-11/h11H,2-10H2,1H3,(H,16,22)(H,17,19)(H,18,20). The van der Waals surface area contributed by atoms with Crippen LogP contribution in [0.3, 0.4) is 0 Å². The van der Waals surface area contributed by atoms with E-state index < -0.39 is 17.8 Å². The van der Waals surface area contributed by atoms with Crippen molar-refractivity contribution in [2.45, 2.75) is 51.9 Å². The summed E-state index contributed by atoms with van der Waals surface area (Å²) in [7, 11) is 0. The van der Waals surface area contributed by atoms with Crippen LogP contribution in [-0.2, 0) is 23.9 Å². The Bertz CT molecular complexity index is 433. The van der Waals surface area contributed by atoms with E-state index in [9.17, 15) is 19.2 Å². The molecule has 1 aliphatic rings. The SMILES string of the molecule is CCOC(=O)CCC(=O)NNC(=O)CNC(=O)C1CCCCC1. The summed E-state index contributed by atoms with van der Waals surface area (Å²) in [5, 5.41) is 2.57. The summed E-state index contributed by atoms with van der Waals surface area (Å²) >= 11 is 0. The maximum atomic E-state index is 11.8. The molecule has 1 saturated carbocycles. The zero-order valence-electron chi connectivity index (χ0n) is 13.5. The summed E-state index contributed by atoms with van der Waals surface area (Å²) in [5.41, 5.74) is 4.38. The molecule has 8 nitrogen and oxygen atoms in total. The van der Waals surface area contributed by atoms with Crippen molar-refractivity contribution in [3.05, 3.63) is 0 Å². The topological polar surface area (TPSA) is 114 Å². The molecule has 0 aromatic rings. The van der Waals surface area contributed by atoms with Crippen LogP contribution in [0.4, 0.5) is 0 Å². The second-order valence-corrected chi connectivity index (χ2v) is 5.45. The molecular weight excluding hydrogens is 302 g/mol. The van der Waals surface area contributed by atoms with E-state index in [4.69, 9.17) is 0 Å². The van der Waals surface area contributed by atoms with Crippen molar-refractivity contribution < 1.29 is 23.9 Å². The maximum absolute atomic E-state index is 11.8. The zero-order valence-corrected chi connectivity index (χ0v) is 13.5. The lowest BCUT2D eigenvalue weighted by atomic mass is 9.89. The van der Waals surface area contributed by atoms with Crippen LogP contribution in [0.1, 0.15) is 51.9 Å². The molecule has 0 unspecified atom stereocenters. The van der Waals surface area contributed by atoms with E-state index in [1.165, 1.54) is 0 Å². The lowest BCUT2D eigenvalue weighted by Crippen LogP contribution is -2.47. The van der Waals surface area contributed by atoms with Crippen LogP contribution in [0.2, 0.25) is 0 Å². The fourth-order valence-corrected chi connectivity index (χ4v) is 2.37. The highest BCUT2D eigenvalue weighted by molar-refractivity contribution is 5.88. The quantitative estimate of drug-likeness (QED) is 0.456. The molecular formula is C15H25N3O5. The number of hydrogen-bond donors (Lipinski definition) is 3. The molecule has 0 heterocycles. The molecule has 0 saturated heterocycles. The van der Waals surface area contributed by atoms with Gasteiger partial charge in [-0.1, -0.05) is 19.3 Å². The maximum Gasteiger partial charge on any atom is 0.306 e. The summed E-state index contributed by atoms with van der Waals surface area (Å²) in [6.45, 7) is 1.76. The van der Waals surface area contributed by atoms with E-state index in [1.54, 1.807) is 6.92 Å². The minimum absolute atomic E-state index is 0.0179. The molecule has 0 aliphatic heterocycles. The summed E-state index contributed by atoms with van der Waals surface area (Å²) in [5.74, 6) is -1.61. The third kappa shape index (κ3) is 8.18. The molecule has 3 N–H and O–H groups in total. The number of hydrogen-bond acceptors (Lipinski definition) is 5. The van der Waals surface area contributed by atoms with Crippen molar-refractivity contribution in [3.8, 4) is 0 Å². The molecule has 3 amide bonds. The number of hydrazine groups is 1. The van der Waals surface area contributed by atoms with Crippen LogP contribution in [0.5, 0.6) is 0 Å². The van der Waals surface area contributed by atoms with Crippen LogP contribution in [0.25, 0.3) is 0 Å². The van der Waals surface area contributed by atoms with E-state index in [-0.39, 0.29) is 37.8 Å². The molecule has 0 aromatic heterocycles. The van der Waals surface area contributed by atoms with Crippen LogP contribution in [0.15, 0.2) is 0 Å². The van der Waals surface area contributed by atoms with Crippen molar-refractivity contribution in [3.63, 3.8) is 0 Å². The number of esters is 1. The fraction of sp³-hybridized carbons (Fsp3) is 0.733. The molecule has 0 radical (unpaired) electrons. The molecule has 1 aliphatic carbocycles. The third-order valence-electron chi connectivity index (χ3n) is 3.60. The molecule has 0 atom stereocenters. The predicted molar refractivity (Wildman–Crippen MR) is 81.7 cm³/mol. The Balaban J connectivity index is 2.12. The number of nitrogens with one attached hydrogen (secondary N) is 3. The lowest BCUT2D eigenvalue weighted by Gasteiger charge is -2.20. The first-order chi connectivity index (χ1) is 11.0. The Kier molecular flexibility index (Phi) is 8.71. The zero-order chi connectivity index (χ0) is 17.1. The molecule has 0 bridgehead atoms. The normalized spacial score (nSPS) is 14.7. The molecule has 1 fully saturated rings. The Morgan fingerprint density at radius 3 is 2.26 bits per heavy atom. The van der Waals surface area contributed by atoms with Crippen molar-refractivity contribution in [1.82, 2.24) is 16.2 Å². The Hall–Kier alpha value is -2.12. The van der Waals surface area contributed by atoms with Gasteiger partial charge in [-0.15, -0.1) is 0 Å². The minimum atomic E-state index is -0.515. The first-order valence-electron chi connectivity index (χ1n) is 8.04. The van der Waals surface area contributed by atoms with Crippen LogP contribution < -0.4 is 16.2 Å². The molecule has 0 aromatic carbocycles. The van der Waals surface area contributed by atoms with E-state index in [0.29, 0.717) is 0 Å². The van der Waals surface area contributed by atoms with Crippen molar-refractivity contribution >= 4 is 23.7 Å². The summed E-state index contributed by atoms with van der Waals surface area (Å²) in [6, 6.07) is 0. The van der Waals surface area contributed by atoms with E-state index in [1.807, 2.05) is 0 Å². The van der Waals surface area contributed by atoms with Gasteiger partial charge in [-0.25, -0.2) is 0 Å². The van der Waals surface area contributed by atoms with Crippen molar-refractivity contribution in [1.29, 1.82) is 0 Å². The second kappa shape index (κ2) is 10.6. The molecule has 0 spiro atoms. The van der Waals surface area contributed by atoms with E-state index in [2.05, 4.69) is 20.9 Å². The van der Waals surface area contributed by atoms with Crippen LogP contribution in [-0.4, -0.2) is 36.8 Å². The second-order valence-electron chi connectivity index (χ2n) is 5.45. The highest BCUT2D eigenvalue weighted by Gasteiger charge is 2.21. The first kappa shape index (κ1) is 18.9. The first-order valence-corrected chi connectivity index (χ1v) is 8.04. The number of rotatable bonds is 7. The van der Waals surface area contributed by atoms with Gasteiger partial charge < -0.3 is 10.1 Å². The van der Waals surface area contributed by atoms with Gasteiger partial charge >= 0.3 is 5.97 Å².